The van der Waals surface area contributed by atoms with E-state index in [0.29, 0.717) is 0 Å². The SMILES string of the molecule is CSC(C)(C)Cn1c(C)nc2cc(N)ccc21. The summed E-state index contributed by atoms with van der Waals surface area (Å²) in [4.78, 5) is 4.57. The Labute approximate surface area is 106 Å². The number of nitrogen functional groups attached to an aromatic ring is 1. The predicted molar refractivity (Wildman–Crippen MR) is 76.5 cm³/mol. The molecular weight excluding hydrogens is 230 g/mol. The summed E-state index contributed by atoms with van der Waals surface area (Å²) in [6.45, 7) is 7.51. The van der Waals surface area contributed by atoms with Crippen LogP contribution in [0.25, 0.3) is 11.0 Å². The number of nitrogens with two attached hydrogens (primary N) is 1. The normalized spacial score (nSPS) is 12.2. The van der Waals surface area contributed by atoms with Crippen LogP contribution in [0, 0.1) is 6.92 Å². The largest absolute Gasteiger partial charge is 0.399 e. The summed E-state index contributed by atoms with van der Waals surface area (Å²) in [7, 11) is 0. The summed E-state index contributed by atoms with van der Waals surface area (Å²) in [6, 6.07) is 5.93. The van der Waals surface area contributed by atoms with Crippen molar-refractivity contribution >= 4 is 28.5 Å². The van der Waals surface area contributed by atoms with Gasteiger partial charge in [-0.1, -0.05) is 0 Å². The van der Waals surface area contributed by atoms with E-state index in [1.807, 2.05) is 30.8 Å². The molecule has 0 atom stereocenters. The molecule has 2 N–H and O–H groups in total. The number of benzene rings is 1. The van der Waals surface area contributed by atoms with Gasteiger partial charge in [0, 0.05) is 17.0 Å². The summed E-state index contributed by atoms with van der Waals surface area (Å²) < 4.78 is 2.48. The van der Waals surface area contributed by atoms with Crippen molar-refractivity contribution in [3.05, 3.63) is 24.0 Å². The van der Waals surface area contributed by atoms with Crippen molar-refractivity contribution in [2.75, 3.05) is 12.0 Å². The quantitative estimate of drug-likeness (QED) is 0.850. The van der Waals surface area contributed by atoms with Crippen LogP contribution in [0.15, 0.2) is 18.2 Å². The molecule has 4 heteroatoms. The van der Waals surface area contributed by atoms with Crippen LogP contribution in [0.3, 0.4) is 0 Å². The van der Waals surface area contributed by atoms with Gasteiger partial charge in [-0.15, -0.1) is 0 Å². The van der Waals surface area contributed by atoms with E-state index in [1.54, 1.807) is 0 Å². The first-order valence-corrected chi connectivity index (χ1v) is 6.93. The van der Waals surface area contributed by atoms with Crippen LogP contribution in [0.4, 0.5) is 5.69 Å². The summed E-state index contributed by atoms with van der Waals surface area (Å²) in [6.07, 6.45) is 2.15. The Hall–Kier alpha value is -1.16. The highest BCUT2D eigenvalue weighted by atomic mass is 32.2. The fraction of sp³-hybridized carbons (Fsp3) is 0.462. The van der Waals surface area contributed by atoms with Gasteiger partial charge in [0.2, 0.25) is 0 Å². The van der Waals surface area contributed by atoms with Gasteiger partial charge in [-0.05, 0) is 45.2 Å². The average Bonchev–Trinajstić information content (AvgIpc) is 2.54. The second-order valence-corrected chi connectivity index (χ2v) is 6.47. The van der Waals surface area contributed by atoms with Crippen LogP contribution in [0.1, 0.15) is 19.7 Å². The first kappa shape index (κ1) is 12.3. The maximum atomic E-state index is 5.78. The predicted octanol–water partition coefficient (Wildman–Crippen LogP) is 3.07. The zero-order valence-electron chi connectivity index (χ0n) is 10.8. The summed E-state index contributed by atoms with van der Waals surface area (Å²) in [5.74, 6) is 1.05. The molecule has 3 nitrogen and oxygen atoms in total. The molecule has 0 unspecified atom stereocenters. The fourth-order valence-electron chi connectivity index (χ4n) is 1.91. The van der Waals surface area contributed by atoms with E-state index in [2.05, 4.69) is 35.7 Å². The lowest BCUT2D eigenvalue weighted by molar-refractivity contribution is 0.568. The molecule has 0 spiro atoms. The summed E-state index contributed by atoms with van der Waals surface area (Å²) >= 11 is 1.87. The molecule has 0 radical (unpaired) electrons. The zero-order valence-corrected chi connectivity index (χ0v) is 11.6. The van der Waals surface area contributed by atoms with Crippen molar-refractivity contribution in [1.82, 2.24) is 9.55 Å². The molecular formula is C13H19N3S. The van der Waals surface area contributed by atoms with Gasteiger partial charge in [0.25, 0.3) is 0 Å². The van der Waals surface area contributed by atoms with Gasteiger partial charge in [-0.3, -0.25) is 0 Å². The molecule has 1 heterocycles. The molecule has 0 amide bonds. The lowest BCUT2D eigenvalue weighted by atomic mass is 10.2. The smallest absolute Gasteiger partial charge is 0.106 e. The lowest BCUT2D eigenvalue weighted by Crippen LogP contribution is -2.23. The first-order valence-electron chi connectivity index (χ1n) is 5.70. The van der Waals surface area contributed by atoms with Gasteiger partial charge < -0.3 is 10.3 Å². The molecule has 92 valence electrons. The molecule has 0 fully saturated rings. The molecule has 0 bridgehead atoms. The summed E-state index contributed by atoms with van der Waals surface area (Å²) in [5, 5.41) is 0. The number of aromatic nitrogens is 2. The Kier molecular flexibility index (Phi) is 3.08. The molecule has 1 aromatic heterocycles. The molecule has 0 aliphatic carbocycles. The van der Waals surface area contributed by atoms with Gasteiger partial charge in [0.1, 0.15) is 5.82 Å². The van der Waals surface area contributed by atoms with Crippen molar-refractivity contribution in [2.45, 2.75) is 32.1 Å². The van der Waals surface area contributed by atoms with Crippen molar-refractivity contribution in [2.24, 2.45) is 0 Å². The number of hydrogen-bond acceptors (Lipinski definition) is 3. The number of thioether (sulfide) groups is 1. The van der Waals surface area contributed by atoms with E-state index in [0.717, 1.165) is 23.6 Å². The molecule has 0 saturated carbocycles. The minimum Gasteiger partial charge on any atom is -0.399 e. The molecule has 0 aliphatic heterocycles. The number of hydrogen-bond donors (Lipinski definition) is 1. The number of fused-ring (bicyclic) bond motifs is 1. The molecule has 17 heavy (non-hydrogen) atoms. The second kappa shape index (κ2) is 4.26. The van der Waals surface area contributed by atoms with Crippen LogP contribution in [-0.2, 0) is 6.54 Å². The third-order valence-corrected chi connectivity index (χ3v) is 4.29. The number of rotatable bonds is 3. The highest BCUT2D eigenvalue weighted by molar-refractivity contribution is 7.99. The van der Waals surface area contributed by atoms with E-state index in [4.69, 9.17) is 5.73 Å². The Morgan fingerprint density at radius 2 is 2.12 bits per heavy atom. The van der Waals surface area contributed by atoms with E-state index in [9.17, 15) is 0 Å². The lowest BCUT2D eigenvalue weighted by Gasteiger charge is -2.23. The van der Waals surface area contributed by atoms with Crippen LogP contribution in [0.2, 0.25) is 0 Å². The van der Waals surface area contributed by atoms with Gasteiger partial charge >= 0.3 is 0 Å². The molecule has 1 aromatic carbocycles. The average molecular weight is 249 g/mol. The Bertz CT molecular complexity index is 543. The maximum Gasteiger partial charge on any atom is 0.106 e. The molecule has 2 aromatic rings. The highest BCUT2D eigenvalue weighted by Gasteiger charge is 2.19. The number of anilines is 1. The zero-order chi connectivity index (χ0) is 12.6. The monoisotopic (exact) mass is 249 g/mol. The van der Waals surface area contributed by atoms with Crippen molar-refractivity contribution < 1.29 is 0 Å². The summed E-state index contributed by atoms with van der Waals surface area (Å²) in [5.41, 5.74) is 8.70. The number of imidazole rings is 1. The van der Waals surface area contributed by atoms with E-state index >= 15 is 0 Å². The van der Waals surface area contributed by atoms with E-state index in [1.165, 1.54) is 5.52 Å². The molecule has 0 saturated heterocycles. The maximum absolute atomic E-state index is 5.78. The Balaban J connectivity index is 2.50. The Morgan fingerprint density at radius 3 is 2.76 bits per heavy atom. The molecule has 0 aliphatic rings. The first-order chi connectivity index (χ1) is 7.93. The minimum absolute atomic E-state index is 0.208. The highest BCUT2D eigenvalue weighted by Crippen LogP contribution is 2.27. The third kappa shape index (κ3) is 2.41. The van der Waals surface area contributed by atoms with Gasteiger partial charge in [0.15, 0.2) is 0 Å². The number of nitrogens with zero attached hydrogens (tertiary/aromatic N) is 2. The third-order valence-electron chi connectivity index (χ3n) is 3.05. The number of aryl methyl sites for hydroxylation is 1. The van der Waals surface area contributed by atoms with Gasteiger partial charge in [-0.25, -0.2) is 4.98 Å². The second-order valence-electron chi connectivity index (χ2n) is 4.96. The van der Waals surface area contributed by atoms with Crippen molar-refractivity contribution in [3.63, 3.8) is 0 Å². The topological polar surface area (TPSA) is 43.8 Å². The fourth-order valence-corrected chi connectivity index (χ4v) is 2.17. The van der Waals surface area contributed by atoms with Crippen LogP contribution in [-0.4, -0.2) is 20.6 Å². The van der Waals surface area contributed by atoms with Crippen LogP contribution in [0.5, 0.6) is 0 Å². The van der Waals surface area contributed by atoms with Crippen molar-refractivity contribution in [1.29, 1.82) is 0 Å². The Morgan fingerprint density at radius 1 is 1.41 bits per heavy atom. The molecule has 2 rings (SSSR count). The van der Waals surface area contributed by atoms with Crippen LogP contribution < -0.4 is 5.73 Å². The van der Waals surface area contributed by atoms with Gasteiger partial charge in [-0.2, -0.15) is 11.8 Å². The van der Waals surface area contributed by atoms with Crippen molar-refractivity contribution in [3.8, 4) is 0 Å². The minimum atomic E-state index is 0.208. The van der Waals surface area contributed by atoms with E-state index < -0.39 is 0 Å². The van der Waals surface area contributed by atoms with Gasteiger partial charge in [0.05, 0.1) is 11.0 Å². The van der Waals surface area contributed by atoms with E-state index in [-0.39, 0.29) is 4.75 Å². The standard InChI is InChI=1S/C13H19N3S/c1-9-15-11-7-10(14)5-6-12(11)16(9)8-13(2,3)17-4/h5-7H,8,14H2,1-4H3. The van der Waals surface area contributed by atoms with Crippen LogP contribution >= 0.6 is 11.8 Å².